The minimum absolute atomic E-state index is 0.00934. The number of carbonyl (C=O) groups excluding carboxylic acids is 1. The molecule has 0 saturated carbocycles. The molecule has 4 rings (SSSR count). The van der Waals surface area contributed by atoms with Crippen LogP contribution in [0.1, 0.15) is 11.1 Å². The van der Waals surface area contributed by atoms with Gasteiger partial charge in [-0.1, -0.05) is 91.0 Å². The fraction of sp³-hybridized carbons (Fsp3) is 0.179. The summed E-state index contributed by atoms with van der Waals surface area (Å²) in [4.78, 5) is 15.2. The van der Waals surface area contributed by atoms with E-state index in [-0.39, 0.29) is 11.9 Å². The lowest BCUT2D eigenvalue weighted by Crippen LogP contribution is -2.44. The van der Waals surface area contributed by atoms with Gasteiger partial charge in [0.15, 0.2) is 0 Å². The maximum absolute atomic E-state index is 13.0. The van der Waals surface area contributed by atoms with Crippen LogP contribution in [0.2, 0.25) is 0 Å². The number of nitrogens with zero attached hydrogens (tertiary/aromatic N) is 1. The molecule has 0 aliphatic carbocycles. The number of amides is 1. The van der Waals surface area contributed by atoms with Gasteiger partial charge in [-0.15, -0.1) is 0 Å². The molecule has 4 aromatic carbocycles. The van der Waals surface area contributed by atoms with E-state index < -0.39 is 0 Å². The number of likely N-dealkylation sites (N-methyl/N-ethyl adjacent to an activating group) is 1. The zero-order chi connectivity index (χ0) is 21.5. The molecule has 3 heteroatoms. The molecule has 0 bridgehead atoms. The van der Waals surface area contributed by atoms with Crippen LogP contribution < -0.4 is 10.2 Å². The molecule has 0 aromatic heterocycles. The summed E-state index contributed by atoms with van der Waals surface area (Å²) in [5.41, 5.74) is 3.42. The summed E-state index contributed by atoms with van der Waals surface area (Å²) >= 11 is 0. The van der Waals surface area contributed by atoms with Crippen molar-refractivity contribution in [3.05, 3.63) is 114 Å². The highest BCUT2D eigenvalue weighted by Crippen LogP contribution is 2.19. The van der Waals surface area contributed by atoms with Crippen molar-refractivity contribution in [1.82, 2.24) is 5.32 Å². The van der Waals surface area contributed by atoms with Gasteiger partial charge in [0.1, 0.15) is 0 Å². The lowest BCUT2D eigenvalue weighted by atomic mass is 10.0. The second-order valence-corrected chi connectivity index (χ2v) is 7.99. The maximum atomic E-state index is 13.0. The molecule has 1 amide bonds. The zero-order valence-electron chi connectivity index (χ0n) is 17.9. The highest BCUT2D eigenvalue weighted by atomic mass is 16.1. The number of anilines is 1. The molecule has 0 saturated heterocycles. The van der Waals surface area contributed by atoms with E-state index in [9.17, 15) is 4.79 Å². The lowest BCUT2D eigenvalue weighted by Gasteiger charge is -2.27. The van der Waals surface area contributed by atoms with Gasteiger partial charge < -0.3 is 10.2 Å². The van der Waals surface area contributed by atoms with Gasteiger partial charge in [-0.2, -0.15) is 0 Å². The normalized spacial score (nSPS) is 11.8. The van der Waals surface area contributed by atoms with Gasteiger partial charge in [-0.3, -0.25) is 4.79 Å². The molecule has 0 radical (unpaired) electrons. The number of hydrogen-bond donors (Lipinski definition) is 1. The number of benzene rings is 4. The Morgan fingerprint density at radius 2 is 1.45 bits per heavy atom. The van der Waals surface area contributed by atoms with Crippen LogP contribution in [-0.2, 0) is 17.6 Å². The molecule has 1 N–H and O–H groups in total. The van der Waals surface area contributed by atoms with E-state index in [4.69, 9.17) is 0 Å². The number of fused-ring (bicyclic) bond motifs is 1. The van der Waals surface area contributed by atoms with Gasteiger partial charge in [0.25, 0.3) is 0 Å². The van der Waals surface area contributed by atoms with Gasteiger partial charge in [-0.25, -0.2) is 0 Å². The van der Waals surface area contributed by atoms with Gasteiger partial charge >= 0.3 is 0 Å². The van der Waals surface area contributed by atoms with E-state index >= 15 is 0 Å². The van der Waals surface area contributed by atoms with Crippen molar-refractivity contribution in [3.8, 4) is 0 Å². The molecule has 0 fully saturated rings. The summed E-state index contributed by atoms with van der Waals surface area (Å²) in [5.74, 6) is 0.0544. The Morgan fingerprint density at radius 1 is 0.806 bits per heavy atom. The second-order valence-electron chi connectivity index (χ2n) is 7.99. The molecular weight excluding hydrogens is 380 g/mol. The summed E-state index contributed by atoms with van der Waals surface area (Å²) in [6.07, 6.45) is 1.17. The van der Waals surface area contributed by atoms with E-state index in [2.05, 4.69) is 59.7 Å². The Morgan fingerprint density at radius 3 is 2.23 bits per heavy atom. The fourth-order valence-electron chi connectivity index (χ4n) is 4.08. The zero-order valence-corrected chi connectivity index (χ0v) is 17.9. The standard InChI is InChI=1S/C28H28N2O/c1-30(26-16-6-3-7-17-26)21-25(19-22-11-4-2-5-12-22)29-28(31)20-24-15-10-14-23-13-8-9-18-27(23)24/h2-18,25H,19-21H2,1H3,(H,29,31)/t25-/m0/s1. The number of rotatable bonds is 8. The third-order valence-electron chi connectivity index (χ3n) is 5.61. The molecule has 0 spiro atoms. The van der Waals surface area contributed by atoms with Crippen LogP contribution in [0.15, 0.2) is 103 Å². The van der Waals surface area contributed by atoms with Crippen LogP contribution in [-0.4, -0.2) is 25.5 Å². The van der Waals surface area contributed by atoms with Crippen LogP contribution >= 0.6 is 0 Å². The summed E-state index contributed by atoms with van der Waals surface area (Å²) in [5, 5.41) is 5.60. The smallest absolute Gasteiger partial charge is 0.224 e. The summed E-state index contributed by atoms with van der Waals surface area (Å²) in [6.45, 7) is 0.736. The molecule has 3 nitrogen and oxygen atoms in total. The van der Waals surface area contributed by atoms with E-state index in [0.717, 1.165) is 35.0 Å². The van der Waals surface area contributed by atoms with Crippen molar-refractivity contribution in [2.24, 2.45) is 0 Å². The van der Waals surface area contributed by atoms with Crippen molar-refractivity contribution >= 4 is 22.4 Å². The molecule has 0 heterocycles. The molecule has 1 atom stereocenters. The van der Waals surface area contributed by atoms with E-state index in [0.29, 0.717) is 6.42 Å². The first-order chi connectivity index (χ1) is 15.2. The van der Waals surface area contributed by atoms with Gasteiger partial charge in [0.2, 0.25) is 5.91 Å². The van der Waals surface area contributed by atoms with Crippen molar-refractivity contribution in [2.45, 2.75) is 18.9 Å². The monoisotopic (exact) mass is 408 g/mol. The Balaban J connectivity index is 1.49. The first kappa shape index (κ1) is 20.7. The fourth-order valence-corrected chi connectivity index (χ4v) is 4.08. The summed E-state index contributed by atoms with van der Waals surface area (Å²) in [6, 6.07) is 35.0. The van der Waals surface area contributed by atoms with Gasteiger partial charge in [0.05, 0.1) is 12.5 Å². The Labute approximate surface area is 184 Å². The number of hydrogen-bond acceptors (Lipinski definition) is 2. The number of carbonyl (C=O) groups is 1. The van der Waals surface area contributed by atoms with E-state index in [1.807, 2.05) is 60.7 Å². The van der Waals surface area contributed by atoms with Crippen molar-refractivity contribution in [2.75, 3.05) is 18.5 Å². The average molecular weight is 409 g/mol. The molecular formula is C28H28N2O. The molecule has 0 aliphatic heterocycles. The molecule has 0 aliphatic rings. The van der Waals surface area contributed by atoms with Crippen LogP contribution in [0.5, 0.6) is 0 Å². The third kappa shape index (κ3) is 5.52. The summed E-state index contributed by atoms with van der Waals surface area (Å²) in [7, 11) is 2.07. The predicted molar refractivity (Wildman–Crippen MR) is 129 cm³/mol. The number of para-hydroxylation sites is 1. The van der Waals surface area contributed by atoms with Crippen LogP contribution in [0, 0.1) is 0 Å². The van der Waals surface area contributed by atoms with Crippen LogP contribution in [0.3, 0.4) is 0 Å². The highest BCUT2D eigenvalue weighted by Gasteiger charge is 2.17. The van der Waals surface area contributed by atoms with Crippen LogP contribution in [0.25, 0.3) is 10.8 Å². The Kier molecular flexibility index (Phi) is 6.63. The average Bonchev–Trinajstić information content (AvgIpc) is 2.80. The largest absolute Gasteiger partial charge is 0.373 e. The third-order valence-corrected chi connectivity index (χ3v) is 5.61. The van der Waals surface area contributed by atoms with E-state index in [1.165, 1.54) is 5.56 Å². The topological polar surface area (TPSA) is 32.3 Å². The van der Waals surface area contributed by atoms with Crippen molar-refractivity contribution in [1.29, 1.82) is 0 Å². The van der Waals surface area contributed by atoms with Crippen molar-refractivity contribution in [3.63, 3.8) is 0 Å². The second kappa shape index (κ2) is 9.94. The maximum Gasteiger partial charge on any atom is 0.224 e. The predicted octanol–water partition coefficient (Wildman–Crippen LogP) is 5.25. The first-order valence-electron chi connectivity index (χ1n) is 10.7. The molecule has 0 unspecified atom stereocenters. The first-order valence-corrected chi connectivity index (χ1v) is 10.7. The summed E-state index contributed by atoms with van der Waals surface area (Å²) < 4.78 is 0. The van der Waals surface area contributed by atoms with Gasteiger partial charge in [0, 0.05) is 19.3 Å². The lowest BCUT2D eigenvalue weighted by molar-refractivity contribution is -0.121. The SMILES string of the molecule is CN(C[C@H](Cc1ccccc1)NC(=O)Cc1cccc2ccccc12)c1ccccc1. The number of nitrogens with one attached hydrogen (secondary N) is 1. The van der Waals surface area contributed by atoms with Gasteiger partial charge in [-0.05, 0) is 40.5 Å². The van der Waals surface area contributed by atoms with Crippen molar-refractivity contribution < 1.29 is 4.79 Å². The molecule has 4 aromatic rings. The molecule has 31 heavy (non-hydrogen) atoms. The minimum Gasteiger partial charge on any atom is -0.373 e. The highest BCUT2D eigenvalue weighted by molar-refractivity contribution is 5.90. The minimum atomic E-state index is 0.00934. The Bertz CT molecular complexity index is 1120. The molecule has 156 valence electrons. The Hall–Kier alpha value is -3.59. The van der Waals surface area contributed by atoms with E-state index in [1.54, 1.807) is 0 Å². The van der Waals surface area contributed by atoms with Crippen LogP contribution in [0.4, 0.5) is 5.69 Å². The quantitative estimate of drug-likeness (QED) is 0.432.